The van der Waals surface area contributed by atoms with E-state index in [0.29, 0.717) is 0 Å². The van der Waals surface area contributed by atoms with Crippen molar-refractivity contribution in [2.75, 3.05) is 11.9 Å². The lowest BCUT2D eigenvalue weighted by atomic mass is 10.2. The van der Waals surface area contributed by atoms with Crippen LogP contribution in [-0.4, -0.2) is 22.2 Å². The third kappa shape index (κ3) is 2.46. The highest BCUT2D eigenvalue weighted by atomic mass is 35.5. The maximum Gasteiger partial charge on any atom is 0.293 e. The van der Waals surface area contributed by atoms with E-state index in [1.807, 2.05) is 0 Å². The van der Waals surface area contributed by atoms with E-state index in [9.17, 15) is 15.2 Å². The van der Waals surface area contributed by atoms with E-state index in [1.54, 1.807) is 0 Å². The standard InChI is InChI=1S/C10H10Cl2N2O3/c11-6-3-8(13-10(5-15)1-2-10)9(14(16)17)4-7(6)12/h3-4,13,15H,1-2,5H2. The fourth-order valence-corrected chi connectivity index (χ4v) is 1.87. The molecule has 0 atom stereocenters. The first-order valence-corrected chi connectivity index (χ1v) is 5.75. The van der Waals surface area contributed by atoms with Gasteiger partial charge in [-0.05, 0) is 18.9 Å². The number of hydrogen-bond acceptors (Lipinski definition) is 4. The number of nitro groups is 1. The largest absolute Gasteiger partial charge is 0.394 e. The van der Waals surface area contributed by atoms with Crippen LogP contribution in [0.5, 0.6) is 0 Å². The molecule has 0 radical (unpaired) electrons. The Morgan fingerprint density at radius 3 is 2.47 bits per heavy atom. The minimum absolute atomic E-state index is 0.0651. The van der Waals surface area contributed by atoms with Crippen molar-refractivity contribution < 1.29 is 10.0 Å². The van der Waals surface area contributed by atoms with Crippen LogP contribution in [-0.2, 0) is 0 Å². The highest BCUT2D eigenvalue weighted by Gasteiger charge is 2.43. The maximum absolute atomic E-state index is 10.9. The van der Waals surface area contributed by atoms with Crippen LogP contribution < -0.4 is 5.32 Å². The quantitative estimate of drug-likeness (QED) is 0.655. The van der Waals surface area contributed by atoms with Gasteiger partial charge in [0, 0.05) is 6.07 Å². The van der Waals surface area contributed by atoms with Crippen LogP contribution in [0, 0.1) is 10.1 Å². The van der Waals surface area contributed by atoms with Gasteiger partial charge in [-0.15, -0.1) is 0 Å². The van der Waals surface area contributed by atoms with Crippen LogP contribution in [0.1, 0.15) is 12.8 Å². The molecule has 17 heavy (non-hydrogen) atoms. The zero-order chi connectivity index (χ0) is 12.6. The molecule has 0 heterocycles. The molecule has 0 aliphatic heterocycles. The van der Waals surface area contributed by atoms with E-state index < -0.39 is 10.5 Å². The number of benzene rings is 1. The number of nitro benzene ring substituents is 1. The molecule has 0 amide bonds. The Morgan fingerprint density at radius 1 is 1.41 bits per heavy atom. The number of nitrogens with zero attached hydrogens (tertiary/aromatic N) is 1. The molecule has 92 valence electrons. The number of anilines is 1. The molecule has 5 nitrogen and oxygen atoms in total. The Balaban J connectivity index is 2.37. The molecule has 0 aromatic heterocycles. The van der Waals surface area contributed by atoms with Crippen molar-refractivity contribution in [3.8, 4) is 0 Å². The molecule has 1 aliphatic rings. The van der Waals surface area contributed by atoms with Crippen LogP contribution in [0.15, 0.2) is 12.1 Å². The lowest BCUT2D eigenvalue weighted by Gasteiger charge is -2.16. The van der Waals surface area contributed by atoms with Gasteiger partial charge in [-0.25, -0.2) is 0 Å². The van der Waals surface area contributed by atoms with Crippen molar-refractivity contribution in [1.29, 1.82) is 0 Å². The van der Waals surface area contributed by atoms with Gasteiger partial charge in [-0.1, -0.05) is 23.2 Å². The van der Waals surface area contributed by atoms with Gasteiger partial charge >= 0.3 is 0 Å². The van der Waals surface area contributed by atoms with Gasteiger partial charge in [-0.2, -0.15) is 0 Å². The summed E-state index contributed by atoms with van der Waals surface area (Å²) in [5.41, 5.74) is -0.294. The summed E-state index contributed by atoms with van der Waals surface area (Å²) < 4.78 is 0. The zero-order valence-electron chi connectivity index (χ0n) is 8.74. The molecule has 1 aliphatic carbocycles. The van der Waals surface area contributed by atoms with E-state index in [2.05, 4.69) is 5.32 Å². The van der Waals surface area contributed by atoms with Gasteiger partial charge in [0.25, 0.3) is 5.69 Å². The second-order valence-electron chi connectivity index (χ2n) is 4.10. The molecular formula is C10H10Cl2N2O3. The Bertz CT molecular complexity index is 475. The van der Waals surface area contributed by atoms with Crippen molar-refractivity contribution >= 4 is 34.6 Å². The molecule has 1 aromatic rings. The summed E-state index contributed by atoms with van der Waals surface area (Å²) in [5, 5.41) is 23.4. The first-order chi connectivity index (χ1) is 7.97. The number of hydrogen-bond donors (Lipinski definition) is 2. The summed E-state index contributed by atoms with van der Waals surface area (Å²) in [6.07, 6.45) is 1.56. The summed E-state index contributed by atoms with van der Waals surface area (Å²) >= 11 is 11.6. The van der Waals surface area contributed by atoms with E-state index in [4.69, 9.17) is 23.2 Å². The lowest BCUT2D eigenvalue weighted by molar-refractivity contribution is -0.384. The van der Waals surface area contributed by atoms with E-state index in [-0.39, 0.29) is 28.0 Å². The van der Waals surface area contributed by atoms with Crippen molar-refractivity contribution in [3.63, 3.8) is 0 Å². The minimum atomic E-state index is -0.530. The molecule has 0 bridgehead atoms. The molecule has 1 saturated carbocycles. The van der Waals surface area contributed by atoms with Crippen molar-refractivity contribution in [2.45, 2.75) is 18.4 Å². The fourth-order valence-electron chi connectivity index (χ4n) is 1.55. The minimum Gasteiger partial charge on any atom is -0.394 e. The number of halogens is 2. The topological polar surface area (TPSA) is 75.4 Å². The molecule has 2 rings (SSSR count). The van der Waals surface area contributed by atoms with Gasteiger partial charge in [0.15, 0.2) is 0 Å². The Kier molecular flexibility index (Phi) is 3.16. The van der Waals surface area contributed by atoms with Crippen LogP contribution in [0.3, 0.4) is 0 Å². The predicted octanol–water partition coefficient (Wildman–Crippen LogP) is 2.84. The zero-order valence-corrected chi connectivity index (χ0v) is 10.3. The van der Waals surface area contributed by atoms with Crippen molar-refractivity contribution in [3.05, 3.63) is 32.3 Å². The molecule has 0 spiro atoms. The summed E-state index contributed by atoms with van der Waals surface area (Å²) in [6.45, 7) is -0.0651. The number of nitrogens with one attached hydrogen (secondary N) is 1. The third-order valence-corrected chi connectivity index (χ3v) is 3.51. The second-order valence-corrected chi connectivity index (χ2v) is 4.92. The van der Waals surface area contributed by atoms with Crippen LogP contribution in [0.25, 0.3) is 0 Å². The molecule has 1 fully saturated rings. The normalized spacial score (nSPS) is 16.6. The number of aliphatic hydroxyl groups is 1. The Hall–Kier alpha value is -1.04. The highest BCUT2D eigenvalue weighted by molar-refractivity contribution is 6.42. The second kappa shape index (κ2) is 4.33. The molecule has 1 aromatic carbocycles. The Labute approximate surface area is 107 Å². The average molecular weight is 277 g/mol. The van der Waals surface area contributed by atoms with Crippen LogP contribution in [0.4, 0.5) is 11.4 Å². The summed E-state index contributed by atoms with van der Waals surface area (Å²) in [4.78, 5) is 10.4. The highest BCUT2D eigenvalue weighted by Crippen LogP contribution is 2.42. The van der Waals surface area contributed by atoms with Crippen LogP contribution in [0.2, 0.25) is 10.0 Å². The van der Waals surface area contributed by atoms with E-state index in [0.717, 1.165) is 12.8 Å². The first-order valence-electron chi connectivity index (χ1n) is 5.00. The van der Waals surface area contributed by atoms with Gasteiger partial charge in [0.1, 0.15) is 5.69 Å². The molecule has 0 saturated heterocycles. The summed E-state index contributed by atoms with van der Waals surface area (Å²) in [6, 6.07) is 2.62. The fraction of sp³-hybridized carbons (Fsp3) is 0.400. The maximum atomic E-state index is 10.9. The number of aliphatic hydroxyl groups excluding tert-OH is 1. The Morgan fingerprint density at radius 2 is 2.00 bits per heavy atom. The molecule has 7 heteroatoms. The SMILES string of the molecule is O=[N+]([O-])c1cc(Cl)c(Cl)cc1NC1(CO)CC1. The smallest absolute Gasteiger partial charge is 0.293 e. The van der Waals surface area contributed by atoms with Gasteiger partial charge in [-0.3, -0.25) is 10.1 Å². The van der Waals surface area contributed by atoms with Gasteiger partial charge in [0.2, 0.25) is 0 Å². The summed E-state index contributed by atoms with van der Waals surface area (Å²) in [7, 11) is 0. The number of rotatable bonds is 4. The van der Waals surface area contributed by atoms with Crippen molar-refractivity contribution in [2.24, 2.45) is 0 Å². The van der Waals surface area contributed by atoms with E-state index in [1.165, 1.54) is 12.1 Å². The predicted molar refractivity (Wildman–Crippen MR) is 65.8 cm³/mol. The lowest BCUT2D eigenvalue weighted by Crippen LogP contribution is -2.26. The molecular weight excluding hydrogens is 267 g/mol. The van der Waals surface area contributed by atoms with Gasteiger partial charge in [0.05, 0.1) is 27.1 Å². The van der Waals surface area contributed by atoms with Gasteiger partial charge < -0.3 is 10.4 Å². The van der Waals surface area contributed by atoms with E-state index >= 15 is 0 Å². The van der Waals surface area contributed by atoms with Crippen molar-refractivity contribution in [1.82, 2.24) is 0 Å². The molecule has 2 N–H and O–H groups in total. The summed E-state index contributed by atoms with van der Waals surface area (Å²) in [5.74, 6) is 0. The molecule has 0 unspecified atom stereocenters. The average Bonchev–Trinajstić information content (AvgIpc) is 3.03. The monoisotopic (exact) mass is 276 g/mol. The first kappa shape index (κ1) is 12.4. The third-order valence-electron chi connectivity index (χ3n) is 2.79. The van der Waals surface area contributed by atoms with Crippen LogP contribution >= 0.6 is 23.2 Å².